The number of ether oxygens (including phenoxy) is 1. The Labute approximate surface area is 113 Å². The van der Waals surface area contributed by atoms with Crippen LogP contribution in [0.3, 0.4) is 0 Å². The van der Waals surface area contributed by atoms with Gasteiger partial charge in [0.15, 0.2) is 0 Å². The van der Waals surface area contributed by atoms with E-state index >= 15 is 0 Å². The average Bonchev–Trinajstić information content (AvgIpc) is 2.39. The molecule has 1 N–H and O–H groups in total. The van der Waals surface area contributed by atoms with Crippen LogP contribution in [-0.2, 0) is 14.3 Å². The number of hydrogen-bond acceptors (Lipinski definition) is 4. The molecular formula is C15H20O4. The number of Topliss-reactive ketones (excluding diaryl/α,β-unsaturated/α-hetero) is 1. The summed E-state index contributed by atoms with van der Waals surface area (Å²) < 4.78 is 4.97. The third-order valence-electron chi connectivity index (χ3n) is 2.92. The van der Waals surface area contributed by atoms with E-state index in [0.717, 1.165) is 0 Å². The molecule has 19 heavy (non-hydrogen) atoms. The zero-order valence-electron chi connectivity index (χ0n) is 11.3. The van der Waals surface area contributed by atoms with E-state index in [1.165, 1.54) is 6.92 Å². The molecule has 2 atom stereocenters. The lowest BCUT2D eigenvalue weighted by molar-refractivity contribution is -0.152. The molecule has 1 aromatic rings. The fourth-order valence-corrected chi connectivity index (χ4v) is 1.90. The summed E-state index contributed by atoms with van der Waals surface area (Å²) in [5.74, 6) is -1.17. The van der Waals surface area contributed by atoms with Gasteiger partial charge in [-0.2, -0.15) is 0 Å². The molecule has 0 fully saturated rings. The highest BCUT2D eigenvalue weighted by molar-refractivity contribution is 5.77. The largest absolute Gasteiger partial charge is 0.466 e. The first-order chi connectivity index (χ1) is 9.06. The van der Waals surface area contributed by atoms with E-state index in [2.05, 4.69) is 0 Å². The maximum Gasteiger partial charge on any atom is 0.311 e. The monoisotopic (exact) mass is 264 g/mol. The fourth-order valence-electron chi connectivity index (χ4n) is 1.90. The summed E-state index contributed by atoms with van der Waals surface area (Å²) in [7, 11) is 0. The standard InChI is InChI=1S/C15H20O4/c1-3-19-15(18)13(10-9-11(2)16)14(17)12-7-5-4-6-8-12/h4-8,13-14,17H,3,9-10H2,1-2H3/t13-,14+/m1/s1. The first-order valence-corrected chi connectivity index (χ1v) is 6.45. The number of rotatable bonds is 7. The van der Waals surface area contributed by atoms with Crippen LogP contribution in [0.4, 0.5) is 0 Å². The highest BCUT2D eigenvalue weighted by Gasteiger charge is 2.29. The summed E-state index contributed by atoms with van der Waals surface area (Å²) in [4.78, 5) is 22.9. The third kappa shape index (κ3) is 4.83. The summed E-state index contributed by atoms with van der Waals surface area (Å²) in [6, 6.07) is 8.94. The van der Waals surface area contributed by atoms with E-state index in [4.69, 9.17) is 4.74 Å². The summed E-state index contributed by atoms with van der Waals surface area (Å²) in [6.07, 6.45) is -0.392. The van der Waals surface area contributed by atoms with Crippen molar-refractivity contribution in [2.75, 3.05) is 6.61 Å². The van der Waals surface area contributed by atoms with Gasteiger partial charge in [0.25, 0.3) is 0 Å². The predicted molar refractivity (Wildman–Crippen MR) is 71.4 cm³/mol. The molecule has 0 saturated carbocycles. The number of hydrogen-bond donors (Lipinski definition) is 1. The highest BCUT2D eigenvalue weighted by Crippen LogP contribution is 2.27. The molecule has 0 radical (unpaired) electrons. The Morgan fingerprint density at radius 3 is 2.42 bits per heavy atom. The first-order valence-electron chi connectivity index (χ1n) is 6.45. The second-order valence-electron chi connectivity index (χ2n) is 4.45. The number of ketones is 1. The third-order valence-corrected chi connectivity index (χ3v) is 2.92. The number of benzene rings is 1. The van der Waals surface area contributed by atoms with Gasteiger partial charge >= 0.3 is 5.97 Å². The summed E-state index contributed by atoms with van der Waals surface area (Å²) in [5, 5.41) is 10.3. The van der Waals surface area contributed by atoms with Gasteiger partial charge in [0.05, 0.1) is 18.6 Å². The molecule has 1 rings (SSSR count). The van der Waals surface area contributed by atoms with Gasteiger partial charge in [-0.25, -0.2) is 0 Å². The van der Waals surface area contributed by atoms with Crippen molar-refractivity contribution in [1.29, 1.82) is 0 Å². The molecule has 4 heteroatoms. The van der Waals surface area contributed by atoms with Crippen molar-refractivity contribution in [2.45, 2.75) is 32.8 Å². The number of carbonyl (C=O) groups is 2. The Balaban J connectivity index is 2.82. The highest BCUT2D eigenvalue weighted by atomic mass is 16.5. The van der Waals surface area contributed by atoms with Crippen LogP contribution in [-0.4, -0.2) is 23.5 Å². The molecule has 1 aromatic carbocycles. The van der Waals surface area contributed by atoms with Gasteiger partial charge in [-0.3, -0.25) is 4.79 Å². The molecule has 0 saturated heterocycles. The molecule has 4 nitrogen and oxygen atoms in total. The van der Waals surface area contributed by atoms with Crippen LogP contribution in [0.5, 0.6) is 0 Å². The molecule has 0 heterocycles. The minimum atomic E-state index is -0.945. The van der Waals surface area contributed by atoms with E-state index in [0.29, 0.717) is 12.0 Å². The Morgan fingerprint density at radius 2 is 1.89 bits per heavy atom. The van der Waals surface area contributed by atoms with E-state index < -0.39 is 18.0 Å². The zero-order valence-corrected chi connectivity index (χ0v) is 11.3. The van der Waals surface area contributed by atoms with E-state index in [1.54, 1.807) is 31.2 Å². The van der Waals surface area contributed by atoms with Crippen LogP contribution in [0.2, 0.25) is 0 Å². The Morgan fingerprint density at radius 1 is 1.26 bits per heavy atom. The quantitative estimate of drug-likeness (QED) is 0.767. The van der Waals surface area contributed by atoms with Crippen LogP contribution < -0.4 is 0 Å². The predicted octanol–water partition coefficient (Wildman–Crippen LogP) is 2.27. The summed E-state index contributed by atoms with van der Waals surface area (Å²) >= 11 is 0. The number of aliphatic hydroxyl groups excluding tert-OH is 1. The maximum absolute atomic E-state index is 11.9. The molecule has 0 amide bonds. The molecule has 0 bridgehead atoms. The normalized spacial score (nSPS) is 13.6. The topological polar surface area (TPSA) is 63.6 Å². The zero-order chi connectivity index (χ0) is 14.3. The SMILES string of the molecule is CCOC(=O)[C@H](CCC(C)=O)[C@@H](O)c1ccccc1. The van der Waals surface area contributed by atoms with Crippen molar-refractivity contribution in [2.24, 2.45) is 5.92 Å². The minimum Gasteiger partial charge on any atom is -0.466 e. The van der Waals surface area contributed by atoms with Crippen molar-refractivity contribution >= 4 is 11.8 Å². The van der Waals surface area contributed by atoms with Gasteiger partial charge in [0.1, 0.15) is 5.78 Å². The summed E-state index contributed by atoms with van der Waals surface area (Å²) in [6.45, 7) is 3.45. The number of carbonyl (C=O) groups excluding carboxylic acids is 2. The van der Waals surface area contributed by atoms with Gasteiger partial charge in [-0.1, -0.05) is 30.3 Å². The lowest BCUT2D eigenvalue weighted by atomic mass is 9.91. The van der Waals surface area contributed by atoms with Crippen molar-refractivity contribution in [1.82, 2.24) is 0 Å². The fraction of sp³-hybridized carbons (Fsp3) is 0.467. The minimum absolute atomic E-state index is 0.00504. The van der Waals surface area contributed by atoms with Crippen molar-refractivity contribution in [3.63, 3.8) is 0 Å². The summed E-state index contributed by atoms with van der Waals surface area (Å²) in [5.41, 5.74) is 0.657. The van der Waals surface area contributed by atoms with E-state index in [-0.39, 0.29) is 18.8 Å². The lowest BCUT2D eigenvalue weighted by Crippen LogP contribution is -2.25. The second-order valence-corrected chi connectivity index (χ2v) is 4.45. The van der Waals surface area contributed by atoms with Crippen molar-refractivity contribution < 1.29 is 19.4 Å². The van der Waals surface area contributed by atoms with Crippen LogP contribution in [0.15, 0.2) is 30.3 Å². The smallest absolute Gasteiger partial charge is 0.311 e. The molecule has 0 aromatic heterocycles. The van der Waals surface area contributed by atoms with Crippen LogP contribution in [0, 0.1) is 5.92 Å². The van der Waals surface area contributed by atoms with E-state index in [9.17, 15) is 14.7 Å². The van der Waals surface area contributed by atoms with Gasteiger partial charge in [0, 0.05) is 6.42 Å². The van der Waals surface area contributed by atoms with Crippen LogP contribution >= 0.6 is 0 Å². The molecule has 0 unspecified atom stereocenters. The Kier molecular flexibility index (Phi) is 6.22. The molecule has 0 aliphatic rings. The molecule has 0 aliphatic heterocycles. The van der Waals surface area contributed by atoms with Gasteiger partial charge in [0.2, 0.25) is 0 Å². The van der Waals surface area contributed by atoms with Crippen LogP contribution in [0.1, 0.15) is 38.4 Å². The molecule has 0 spiro atoms. The lowest BCUT2D eigenvalue weighted by Gasteiger charge is -2.21. The van der Waals surface area contributed by atoms with Gasteiger partial charge in [-0.15, -0.1) is 0 Å². The van der Waals surface area contributed by atoms with Crippen molar-refractivity contribution in [3.8, 4) is 0 Å². The second kappa shape index (κ2) is 7.69. The molecule has 0 aliphatic carbocycles. The Hall–Kier alpha value is -1.68. The first kappa shape index (κ1) is 15.4. The van der Waals surface area contributed by atoms with Crippen LogP contribution in [0.25, 0.3) is 0 Å². The Bertz CT molecular complexity index is 413. The van der Waals surface area contributed by atoms with Gasteiger partial charge in [-0.05, 0) is 25.8 Å². The average molecular weight is 264 g/mol. The van der Waals surface area contributed by atoms with E-state index in [1.807, 2.05) is 6.07 Å². The van der Waals surface area contributed by atoms with Gasteiger partial charge < -0.3 is 14.6 Å². The number of esters is 1. The maximum atomic E-state index is 11.9. The van der Waals surface area contributed by atoms with Crippen molar-refractivity contribution in [3.05, 3.63) is 35.9 Å². The molecular weight excluding hydrogens is 244 g/mol. The number of aliphatic hydroxyl groups is 1. The molecule has 104 valence electrons.